The molecule has 4 aliphatic carbocycles. The Kier molecular flexibility index (Phi) is 5.74. The summed E-state index contributed by atoms with van der Waals surface area (Å²) in [5, 5.41) is 0. The first kappa shape index (κ1) is 22.5. The van der Waals surface area contributed by atoms with Crippen molar-refractivity contribution in [2.75, 3.05) is 0 Å². The Morgan fingerprint density at radius 3 is 2.44 bits per heavy atom. The van der Waals surface area contributed by atoms with Gasteiger partial charge < -0.3 is 4.74 Å². The summed E-state index contributed by atoms with van der Waals surface area (Å²) in [5.41, 5.74) is 2.95. The molecule has 8 atom stereocenters. The number of esters is 1. The van der Waals surface area contributed by atoms with Gasteiger partial charge in [0.2, 0.25) is 0 Å². The van der Waals surface area contributed by atoms with E-state index in [0.29, 0.717) is 16.2 Å². The van der Waals surface area contributed by atoms with E-state index in [9.17, 15) is 4.79 Å². The van der Waals surface area contributed by atoms with Crippen LogP contribution in [0.25, 0.3) is 0 Å². The molecule has 0 heterocycles. The maximum Gasteiger partial charge on any atom is 0.302 e. The zero-order valence-corrected chi connectivity index (χ0v) is 20.9. The number of aryl methyl sites for hydroxylation is 1. The van der Waals surface area contributed by atoms with Gasteiger partial charge in [0.1, 0.15) is 6.10 Å². The summed E-state index contributed by atoms with van der Waals surface area (Å²) in [6.07, 6.45) is 14.6. The van der Waals surface area contributed by atoms with Gasteiger partial charge in [0, 0.05) is 6.92 Å². The van der Waals surface area contributed by atoms with Crippen LogP contribution in [0.5, 0.6) is 0 Å². The molecular formula is C30H44O2. The van der Waals surface area contributed by atoms with Gasteiger partial charge in [-0.15, -0.1) is 0 Å². The molecule has 4 saturated carbocycles. The number of rotatable bonds is 4. The van der Waals surface area contributed by atoms with Gasteiger partial charge >= 0.3 is 5.97 Å². The second-order valence-electron chi connectivity index (χ2n) is 12.7. The van der Waals surface area contributed by atoms with E-state index < -0.39 is 0 Å². The molecule has 0 radical (unpaired) electrons. The maximum absolute atomic E-state index is 11.5. The molecule has 2 nitrogen and oxygen atoms in total. The Balaban J connectivity index is 1.31. The molecule has 0 aromatic heterocycles. The number of ether oxygens (including phenoxy) is 1. The summed E-state index contributed by atoms with van der Waals surface area (Å²) in [6.45, 7) is 9.50. The molecule has 4 fully saturated rings. The van der Waals surface area contributed by atoms with Crippen molar-refractivity contribution in [3.8, 4) is 0 Å². The summed E-state index contributed by atoms with van der Waals surface area (Å²) in [5.74, 6) is 3.36. The van der Waals surface area contributed by atoms with Crippen molar-refractivity contribution in [1.29, 1.82) is 0 Å². The van der Waals surface area contributed by atoms with Crippen molar-refractivity contribution in [1.82, 2.24) is 0 Å². The van der Waals surface area contributed by atoms with Crippen molar-refractivity contribution in [3.63, 3.8) is 0 Å². The normalized spacial score (nSPS) is 45.4. The van der Waals surface area contributed by atoms with Crippen LogP contribution in [-0.4, -0.2) is 12.1 Å². The Bertz CT molecular complexity index is 832. The van der Waals surface area contributed by atoms with E-state index in [-0.39, 0.29) is 12.1 Å². The third kappa shape index (κ3) is 3.55. The second-order valence-corrected chi connectivity index (χ2v) is 12.7. The highest BCUT2D eigenvalue weighted by Crippen LogP contribution is 2.71. The Labute approximate surface area is 195 Å². The van der Waals surface area contributed by atoms with E-state index in [0.717, 1.165) is 36.5 Å². The van der Waals surface area contributed by atoms with Gasteiger partial charge in [-0.3, -0.25) is 4.79 Å². The predicted octanol–water partition coefficient (Wildman–Crippen LogP) is 7.60. The summed E-state index contributed by atoms with van der Waals surface area (Å²) in [6, 6.07) is 11.1. The van der Waals surface area contributed by atoms with Gasteiger partial charge in [0.15, 0.2) is 0 Å². The molecule has 32 heavy (non-hydrogen) atoms. The van der Waals surface area contributed by atoms with Crippen LogP contribution in [0.2, 0.25) is 0 Å². The van der Waals surface area contributed by atoms with Gasteiger partial charge in [-0.25, -0.2) is 0 Å². The molecule has 0 saturated heterocycles. The quantitative estimate of drug-likeness (QED) is 0.454. The molecule has 2 heteroatoms. The minimum Gasteiger partial charge on any atom is -0.463 e. The van der Waals surface area contributed by atoms with E-state index >= 15 is 0 Å². The molecule has 1 aromatic rings. The van der Waals surface area contributed by atoms with Gasteiger partial charge in [0.25, 0.3) is 0 Å². The van der Waals surface area contributed by atoms with Crippen molar-refractivity contribution in [2.45, 2.75) is 104 Å². The van der Waals surface area contributed by atoms with Crippen molar-refractivity contribution in [3.05, 3.63) is 35.9 Å². The lowest BCUT2D eigenvalue weighted by atomic mass is 9.43. The molecule has 0 bridgehead atoms. The van der Waals surface area contributed by atoms with Crippen molar-refractivity contribution < 1.29 is 9.53 Å². The Morgan fingerprint density at radius 1 is 0.938 bits per heavy atom. The van der Waals surface area contributed by atoms with Crippen LogP contribution in [0, 0.1) is 39.9 Å². The first-order chi connectivity index (χ1) is 15.3. The lowest BCUT2D eigenvalue weighted by Gasteiger charge is -2.62. The van der Waals surface area contributed by atoms with Crippen LogP contribution in [0.3, 0.4) is 0 Å². The van der Waals surface area contributed by atoms with Gasteiger partial charge in [-0.1, -0.05) is 51.1 Å². The van der Waals surface area contributed by atoms with Gasteiger partial charge in [-0.2, -0.15) is 0 Å². The van der Waals surface area contributed by atoms with E-state index in [4.69, 9.17) is 4.74 Å². The fourth-order valence-electron chi connectivity index (χ4n) is 9.40. The highest BCUT2D eigenvalue weighted by Gasteiger charge is 2.63. The average Bonchev–Trinajstić information content (AvgIpc) is 3.04. The van der Waals surface area contributed by atoms with Crippen LogP contribution in [0.15, 0.2) is 30.3 Å². The van der Waals surface area contributed by atoms with Gasteiger partial charge in [0.05, 0.1) is 0 Å². The number of hydrogen-bond acceptors (Lipinski definition) is 2. The molecule has 5 rings (SSSR count). The molecular weight excluding hydrogens is 392 g/mol. The molecule has 0 unspecified atom stereocenters. The second kappa shape index (κ2) is 8.17. The lowest BCUT2D eigenvalue weighted by Crippen LogP contribution is -2.55. The standard InChI is InChI=1S/C30H44O2/c1-21(31)32-24-13-18-29(3)23(20-24)10-11-25-26(29)15-19-30(4)27(25)14-17-28(30,2)16-12-22-8-6-5-7-9-22/h5-9,23-27H,10-20H2,1-4H3/t23-,24-,25-,26+,27-,28-,29+,30-/m1/s1. The van der Waals surface area contributed by atoms with E-state index in [2.05, 4.69) is 51.1 Å². The molecule has 0 spiro atoms. The minimum atomic E-state index is -0.0959. The van der Waals surface area contributed by atoms with Crippen molar-refractivity contribution >= 4 is 5.97 Å². The molecule has 0 amide bonds. The number of carbonyl (C=O) groups excluding carboxylic acids is 1. The molecule has 176 valence electrons. The molecule has 0 aliphatic heterocycles. The number of hydrogen-bond donors (Lipinski definition) is 0. The van der Waals surface area contributed by atoms with Crippen LogP contribution in [0.4, 0.5) is 0 Å². The highest BCUT2D eigenvalue weighted by atomic mass is 16.5. The molecule has 1 aromatic carbocycles. The molecule has 0 N–H and O–H groups in total. The minimum absolute atomic E-state index is 0.0959. The van der Waals surface area contributed by atoms with Crippen molar-refractivity contribution in [2.24, 2.45) is 39.9 Å². The Hall–Kier alpha value is -1.31. The number of fused-ring (bicyclic) bond motifs is 5. The van der Waals surface area contributed by atoms with Crippen LogP contribution >= 0.6 is 0 Å². The van der Waals surface area contributed by atoms with E-state index in [1.54, 1.807) is 6.92 Å². The molecule has 4 aliphatic rings. The third-order valence-electron chi connectivity index (χ3n) is 11.5. The first-order valence-electron chi connectivity index (χ1n) is 13.5. The number of benzene rings is 1. The predicted molar refractivity (Wildman–Crippen MR) is 130 cm³/mol. The summed E-state index contributed by atoms with van der Waals surface area (Å²) < 4.78 is 5.66. The van der Waals surface area contributed by atoms with E-state index in [1.807, 2.05) is 0 Å². The van der Waals surface area contributed by atoms with Crippen LogP contribution < -0.4 is 0 Å². The summed E-state index contributed by atoms with van der Waals surface area (Å²) in [7, 11) is 0. The van der Waals surface area contributed by atoms with E-state index in [1.165, 1.54) is 63.4 Å². The zero-order chi connectivity index (χ0) is 22.6. The first-order valence-corrected chi connectivity index (χ1v) is 13.5. The fraction of sp³-hybridized carbons (Fsp3) is 0.767. The van der Waals surface area contributed by atoms with Gasteiger partial charge in [-0.05, 0) is 116 Å². The lowest BCUT2D eigenvalue weighted by molar-refractivity contribution is -0.162. The maximum atomic E-state index is 11.5. The highest BCUT2D eigenvalue weighted by molar-refractivity contribution is 5.66. The fourth-order valence-corrected chi connectivity index (χ4v) is 9.40. The SMILES string of the molecule is CC(=O)O[C@@H]1CC[C@@]2(C)[C@H](CC[C@H]3[C@H]4CC[C@@](C)(CCc5ccccc5)[C@]4(C)CC[C@@H]32)C1. The average molecular weight is 437 g/mol. The third-order valence-corrected chi connectivity index (χ3v) is 11.5. The summed E-state index contributed by atoms with van der Waals surface area (Å²) in [4.78, 5) is 11.5. The zero-order valence-electron chi connectivity index (χ0n) is 20.9. The monoisotopic (exact) mass is 436 g/mol. The number of carbonyl (C=O) groups is 1. The smallest absolute Gasteiger partial charge is 0.302 e. The largest absolute Gasteiger partial charge is 0.463 e. The summed E-state index contributed by atoms with van der Waals surface area (Å²) >= 11 is 0. The van der Waals surface area contributed by atoms with Crippen LogP contribution in [0.1, 0.15) is 97.5 Å². The topological polar surface area (TPSA) is 26.3 Å². The van der Waals surface area contributed by atoms with Crippen LogP contribution in [-0.2, 0) is 16.0 Å². The Morgan fingerprint density at radius 2 is 1.69 bits per heavy atom.